The number of hydrogen-bond acceptors (Lipinski definition) is 1. The summed E-state index contributed by atoms with van der Waals surface area (Å²) < 4.78 is 0. The van der Waals surface area contributed by atoms with Crippen molar-refractivity contribution in [1.82, 2.24) is 0 Å². The third kappa shape index (κ3) is 3.62. The smallest absolute Gasteiger partial charge is 0.335 e. The molecule has 0 saturated heterocycles. The Labute approximate surface area is 115 Å². The van der Waals surface area contributed by atoms with Crippen LogP contribution in [0.2, 0.25) is 0 Å². The monoisotopic (exact) mass is 337 g/mol. The molecule has 0 atom stereocenters. The molecule has 0 aliphatic heterocycles. The van der Waals surface area contributed by atoms with Gasteiger partial charge in [-0.25, -0.2) is 4.79 Å². The first-order valence-corrected chi connectivity index (χ1v) is 4.25. The molecule has 0 heterocycles. The largest absolute Gasteiger partial charge is 0.478 e. The van der Waals surface area contributed by atoms with E-state index in [9.17, 15) is 4.79 Å². The Hall–Kier alpha value is -0.0243. The van der Waals surface area contributed by atoms with Crippen molar-refractivity contribution in [3.63, 3.8) is 0 Å². The van der Waals surface area contributed by atoms with Gasteiger partial charge in [0.1, 0.15) is 0 Å². The molecule has 1 aromatic carbocycles. The molecule has 0 aliphatic rings. The zero-order chi connectivity index (χ0) is 10.1. The van der Waals surface area contributed by atoms with Crippen molar-refractivity contribution in [2.45, 2.75) is 26.2 Å². The SMILES string of the molecule is CC(C)(C)c1ccc(C(=O)O)cc1.[Tb]. The zero-order valence-electron chi connectivity index (χ0n) is 8.50. The Morgan fingerprint density at radius 3 is 1.86 bits per heavy atom. The molecule has 3 heteroatoms. The molecule has 1 aromatic rings. The average Bonchev–Trinajstić information content (AvgIpc) is 2.03. The van der Waals surface area contributed by atoms with E-state index in [4.69, 9.17) is 5.11 Å². The summed E-state index contributed by atoms with van der Waals surface area (Å²) >= 11 is 0. The molecule has 0 unspecified atom stereocenters. The van der Waals surface area contributed by atoms with E-state index in [0.29, 0.717) is 5.56 Å². The van der Waals surface area contributed by atoms with Crippen molar-refractivity contribution in [2.24, 2.45) is 0 Å². The molecule has 0 aliphatic carbocycles. The fourth-order valence-corrected chi connectivity index (χ4v) is 1.11. The number of benzene rings is 1. The molecule has 14 heavy (non-hydrogen) atoms. The van der Waals surface area contributed by atoms with Crippen LogP contribution < -0.4 is 0 Å². The second-order valence-electron chi connectivity index (χ2n) is 4.13. The van der Waals surface area contributed by atoms with Crippen molar-refractivity contribution >= 4 is 5.97 Å². The van der Waals surface area contributed by atoms with Crippen molar-refractivity contribution in [2.75, 3.05) is 0 Å². The summed E-state index contributed by atoms with van der Waals surface area (Å²) in [5.41, 5.74) is 1.57. The predicted molar refractivity (Wildman–Crippen MR) is 52.1 cm³/mol. The number of hydrogen-bond donors (Lipinski definition) is 1. The van der Waals surface area contributed by atoms with Gasteiger partial charge in [0.05, 0.1) is 5.56 Å². The third-order valence-corrected chi connectivity index (χ3v) is 2.00. The van der Waals surface area contributed by atoms with Crippen LogP contribution in [-0.2, 0) is 5.41 Å². The minimum atomic E-state index is -0.875. The first-order valence-electron chi connectivity index (χ1n) is 4.25. The van der Waals surface area contributed by atoms with Gasteiger partial charge in [0.15, 0.2) is 0 Å². The molecule has 0 bridgehead atoms. The topological polar surface area (TPSA) is 37.3 Å². The van der Waals surface area contributed by atoms with Crippen LogP contribution in [0.3, 0.4) is 0 Å². The maximum absolute atomic E-state index is 10.6. The first-order chi connectivity index (χ1) is 5.91. The molecule has 1 rings (SSSR count). The van der Waals surface area contributed by atoms with Crippen molar-refractivity contribution < 1.29 is 48.5 Å². The van der Waals surface area contributed by atoms with Gasteiger partial charge in [0.2, 0.25) is 0 Å². The van der Waals surface area contributed by atoms with Gasteiger partial charge in [-0.3, -0.25) is 0 Å². The van der Waals surface area contributed by atoms with E-state index in [1.807, 2.05) is 12.1 Å². The Bertz CT molecular complexity index is 309. The molecule has 2 nitrogen and oxygen atoms in total. The van der Waals surface area contributed by atoms with Crippen molar-refractivity contribution in [3.05, 3.63) is 35.4 Å². The quantitative estimate of drug-likeness (QED) is 0.856. The van der Waals surface area contributed by atoms with Gasteiger partial charge in [-0.05, 0) is 23.1 Å². The van der Waals surface area contributed by atoms with E-state index in [2.05, 4.69) is 20.8 Å². The Kier molecular flexibility index (Phi) is 5.16. The Morgan fingerprint density at radius 1 is 1.14 bits per heavy atom. The van der Waals surface area contributed by atoms with E-state index in [1.54, 1.807) is 12.1 Å². The van der Waals surface area contributed by atoms with Gasteiger partial charge in [-0.1, -0.05) is 32.9 Å². The van der Waals surface area contributed by atoms with E-state index in [-0.39, 0.29) is 44.0 Å². The first kappa shape index (κ1) is 14.0. The standard InChI is InChI=1S/C11H14O2.Tb/c1-11(2,3)9-6-4-8(5-7-9)10(12)13;/h4-7H,1-3H3,(H,12,13);. The number of carbonyl (C=O) groups is 1. The van der Waals surface area contributed by atoms with Crippen LogP contribution >= 0.6 is 0 Å². The summed E-state index contributed by atoms with van der Waals surface area (Å²) in [6.45, 7) is 6.30. The number of aromatic carboxylic acids is 1. The summed E-state index contributed by atoms with van der Waals surface area (Å²) in [4.78, 5) is 10.6. The normalized spacial score (nSPS) is 10.5. The molecule has 79 valence electrons. The summed E-state index contributed by atoms with van der Waals surface area (Å²) in [5, 5.41) is 8.68. The molecule has 1 radical (unpaired) electrons. The number of carboxylic acids is 1. The minimum Gasteiger partial charge on any atom is -0.478 e. The fourth-order valence-electron chi connectivity index (χ4n) is 1.11. The van der Waals surface area contributed by atoms with Gasteiger partial charge < -0.3 is 5.11 Å². The predicted octanol–water partition coefficient (Wildman–Crippen LogP) is 2.68. The average molecular weight is 337 g/mol. The molecule has 0 saturated carbocycles. The summed E-state index contributed by atoms with van der Waals surface area (Å²) in [6, 6.07) is 7.01. The third-order valence-electron chi connectivity index (χ3n) is 2.00. The minimum absolute atomic E-state index is 0. The van der Waals surface area contributed by atoms with Crippen LogP contribution in [-0.4, -0.2) is 11.1 Å². The van der Waals surface area contributed by atoms with Crippen LogP contribution in [0.1, 0.15) is 36.7 Å². The van der Waals surface area contributed by atoms with Crippen molar-refractivity contribution in [3.8, 4) is 0 Å². The summed E-state index contributed by atoms with van der Waals surface area (Å²) in [5.74, 6) is -0.875. The number of rotatable bonds is 1. The molecule has 1 N–H and O–H groups in total. The van der Waals surface area contributed by atoms with Crippen LogP contribution in [0.15, 0.2) is 24.3 Å². The Balaban J connectivity index is 0.00000169. The second kappa shape index (κ2) is 5.17. The van der Waals surface area contributed by atoms with Gasteiger partial charge in [-0.2, -0.15) is 0 Å². The maximum Gasteiger partial charge on any atom is 0.335 e. The van der Waals surface area contributed by atoms with Gasteiger partial charge >= 0.3 is 5.97 Å². The van der Waals surface area contributed by atoms with E-state index < -0.39 is 5.97 Å². The van der Waals surface area contributed by atoms with E-state index >= 15 is 0 Å². The molecule has 0 amide bonds. The molecule has 0 fully saturated rings. The van der Waals surface area contributed by atoms with E-state index in [0.717, 1.165) is 5.56 Å². The van der Waals surface area contributed by atoms with Gasteiger partial charge in [0.25, 0.3) is 0 Å². The molecule has 0 spiro atoms. The molecule has 0 aromatic heterocycles. The van der Waals surface area contributed by atoms with Gasteiger partial charge in [0, 0.05) is 38.6 Å². The zero-order valence-corrected chi connectivity index (χ0v) is 10.6. The van der Waals surface area contributed by atoms with Crippen LogP contribution in [0.5, 0.6) is 0 Å². The van der Waals surface area contributed by atoms with Crippen LogP contribution in [0.4, 0.5) is 0 Å². The van der Waals surface area contributed by atoms with Crippen LogP contribution in [0, 0.1) is 38.6 Å². The van der Waals surface area contributed by atoms with Crippen LogP contribution in [0.25, 0.3) is 0 Å². The summed E-state index contributed by atoms with van der Waals surface area (Å²) in [7, 11) is 0. The molecular formula is C11H14O2Tb. The maximum atomic E-state index is 10.6. The van der Waals surface area contributed by atoms with E-state index in [1.165, 1.54) is 0 Å². The second-order valence-corrected chi connectivity index (χ2v) is 4.13. The van der Waals surface area contributed by atoms with Gasteiger partial charge in [-0.15, -0.1) is 0 Å². The summed E-state index contributed by atoms with van der Waals surface area (Å²) in [6.07, 6.45) is 0. The Morgan fingerprint density at radius 2 is 1.57 bits per heavy atom. The fraction of sp³-hybridized carbons (Fsp3) is 0.364. The number of carboxylic acid groups (broad SMARTS) is 1. The van der Waals surface area contributed by atoms with Crippen molar-refractivity contribution in [1.29, 1.82) is 0 Å². The molecular weight excluding hydrogens is 323 g/mol.